The fourth-order valence-electron chi connectivity index (χ4n) is 1.86. The maximum atomic E-state index is 4.32. The van der Waals surface area contributed by atoms with Crippen molar-refractivity contribution in [2.24, 2.45) is 7.05 Å². The van der Waals surface area contributed by atoms with Crippen LogP contribution in [0.3, 0.4) is 0 Å². The van der Waals surface area contributed by atoms with Crippen molar-refractivity contribution in [3.63, 3.8) is 0 Å². The van der Waals surface area contributed by atoms with Crippen LogP contribution in [0.4, 0.5) is 11.6 Å². The molecule has 2 heterocycles. The van der Waals surface area contributed by atoms with Crippen LogP contribution in [0.15, 0.2) is 17.0 Å². The predicted molar refractivity (Wildman–Crippen MR) is 83.8 cm³/mol. The summed E-state index contributed by atoms with van der Waals surface area (Å²) in [6.07, 6.45) is 4.61. The number of rotatable bonds is 6. The molecule has 6 nitrogen and oxygen atoms in total. The third kappa shape index (κ3) is 3.47. The molecular weight excluding hydrogens is 320 g/mol. The molecule has 20 heavy (non-hydrogen) atoms. The van der Waals surface area contributed by atoms with Crippen molar-refractivity contribution in [3.8, 4) is 0 Å². The standard InChI is InChI=1S/C13H19BrN6/c1-4-5-15-12-11(14)13(18-8-17-12)16-6-10-7-20(3)19-9(10)2/h7-8H,4-6H2,1-3H3,(H2,15,16,17,18). The SMILES string of the molecule is CCCNc1ncnc(NCc2cn(C)nc2C)c1Br. The molecular formula is C13H19BrN6. The molecule has 0 aliphatic heterocycles. The predicted octanol–water partition coefficient (Wildman–Crippen LogP) is 2.72. The lowest BCUT2D eigenvalue weighted by atomic mass is 10.2. The fourth-order valence-corrected chi connectivity index (χ4v) is 2.35. The zero-order chi connectivity index (χ0) is 14.5. The average Bonchev–Trinajstić information content (AvgIpc) is 2.74. The highest BCUT2D eigenvalue weighted by atomic mass is 79.9. The molecule has 0 unspecified atom stereocenters. The highest BCUT2D eigenvalue weighted by Gasteiger charge is 2.09. The van der Waals surface area contributed by atoms with Gasteiger partial charge in [-0.05, 0) is 29.3 Å². The molecule has 7 heteroatoms. The fraction of sp³-hybridized carbons (Fsp3) is 0.462. The van der Waals surface area contributed by atoms with Crippen molar-refractivity contribution in [2.45, 2.75) is 26.8 Å². The third-order valence-electron chi connectivity index (χ3n) is 2.89. The van der Waals surface area contributed by atoms with Gasteiger partial charge in [0.15, 0.2) is 0 Å². The topological polar surface area (TPSA) is 67.7 Å². The second kappa shape index (κ2) is 6.69. The van der Waals surface area contributed by atoms with Gasteiger partial charge in [-0.3, -0.25) is 4.68 Å². The first-order chi connectivity index (χ1) is 9.61. The molecule has 0 bridgehead atoms. The van der Waals surface area contributed by atoms with E-state index in [2.05, 4.69) is 48.6 Å². The Morgan fingerprint density at radius 2 is 1.95 bits per heavy atom. The van der Waals surface area contributed by atoms with Crippen molar-refractivity contribution in [2.75, 3.05) is 17.2 Å². The molecule has 2 aromatic heterocycles. The zero-order valence-corrected chi connectivity index (χ0v) is 13.5. The molecule has 0 aliphatic rings. The van der Waals surface area contributed by atoms with Crippen molar-refractivity contribution < 1.29 is 0 Å². The number of aromatic nitrogens is 4. The number of anilines is 2. The summed E-state index contributed by atoms with van der Waals surface area (Å²) in [5, 5.41) is 10.9. The second-order valence-corrected chi connectivity index (χ2v) is 5.37. The van der Waals surface area contributed by atoms with E-state index in [-0.39, 0.29) is 0 Å². The molecule has 0 spiro atoms. The summed E-state index contributed by atoms with van der Waals surface area (Å²) < 4.78 is 2.67. The third-order valence-corrected chi connectivity index (χ3v) is 3.64. The Morgan fingerprint density at radius 1 is 1.25 bits per heavy atom. The first-order valence-electron chi connectivity index (χ1n) is 6.59. The summed E-state index contributed by atoms with van der Waals surface area (Å²) in [7, 11) is 1.92. The molecule has 108 valence electrons. The molecule has 0 atom stereocenters. The van der Waals surface area contributed by atoms with Gasteiger partial charge in [0.05, 0.1) is 5.69 Å². The van der Waals surface area contributed by atoms with Crippen molar-refractivity contribution in [3.05, 3.63) is 28.3 Å². The Bertz CT molecular complexity index is 580. The zero-order valence-electron chi connectivity index (χ0n) is 11.9. The molecule has 0 aromatic carbocycles. The largest absolute Gasteiger partial charge is 0.369 e. The van der Waals surface area contributed by atoms with Crippen LogP contribution in [0.2, 0.25) is 0 Å². The van der Waals surface area contributed by atoms with Gasteiger partial charge in [0.25, 0.3) is 0 Å². The molecule has 0 radical (unpaired) electrons. The Balaban J connectivity index is 2.07. The Hall–Kier alpha value is -1.63. The summed E-state index contributed by atoms with van der Waals surface area (Å²) >= 11 is 3.54. The number of nitrogens with one attached hydrogen (secondary N) is 2. The van der Waals surface area contributed by atoms with Crippen molar-refractivity contribution in [1.29, 1.82) is 0 Å². The summed E-state index contributed by atoms with van der Waals surface area (Å²) in [4.78, 5) is 8.49. The van der Waals surface area contributed by atoms with Crippen LogP contribution in [0.5, 0.6) is 0 Å². The van der Waals surface area contributed by atoms with E-state index in [9.17, 15) is 0 Å². The van der Waals surface area contributed by atoms with Crippen LogP contribution in [0, 0.1) is 6.92 Å². The molecule has 2 rings (SSSR count). The summed E-state index contributed by atoms with van der Waals surface area (Å²) in [5.74, 6) is 1.59. The van der Waals surface area contributed by atoms with Gasteiger partial charge in [0.1, 0.15) is 22.4 Å². The minimum absolute atomic E-state index is 0.683. The molecule has 0 aliphatic carbocycles. The van der Waals surface area contributed by atoms with Gasteiger partial charge in [0, 0.05) is 31.9 Å². The first kappa shape index (κ1) is 14.8. The lowest BCUT2D eigenvalue weighted by Gasteiger charge is -2.11. The Kier molecular flexibility index (Phi) is 4.94. The minimum Gasteiger partial charge on any atom is -0.369 e. The average molecular weight is 339 g/mol. The normalized spacial score (nSPS) is 10.6. The molecule has 0 saturated heterocycles. The van der Waals surface area contributed by atoms with E-state index in [4.69, 9.17) is 0 Å². The molecule has 0 amide bonds. The number of hydrogen-bond donors (Lipinski definition) is 2. The molecule has 0 saturated carbocycles. The second-order valence-electron chi connectivity index (χ2n) is 4.58. The van der Waals surface area contributed by atoms with Crippen LogP contribution >= 0.6 is 15.9 Å². The Morgan fingerprint density at radius 3 is 2.55 bits per heavy atom. The van der Waals surface area contributed by atoms with Crippen LogP contribution in [-0.4, -0.2) is 26.3 Å². The van der Waals surface area contributed by atoms with E-state index in [1.54, 1.807) is 6.33 Å². The van der Waals surface area contributed by atoms with E-state index in [0.717, 1.165) is 40.3 Å². The quantitative estimate of drug-likeness (QED) is 0.847. The van der Waals surface area contributed by atoms with Gasteiger partial charge in [-0.1, -0.05) is 6.92 Å². The van der Waals surface area contributed by atoms with Crippen LogP contribution in [0.25, 0.3) is 0 Å². The highest BCUT2D eigenvalue weighted by Crippen LogP contribution is 2.26. The molecule has 2 N–H and O–H groups in total. The first-order valence-corrected chi connectivity index (χ1v) is 7.38. The number of hydrogen-bond acceptors (Lipinski definition) is 5. The number of nitrogens with zero attached hydrogens (tertiary/aromatic N) is 4. The summed E-state index contributed by atoms with van der Waals surface area (Å²) in [5.41, 5.74) is 2.18. The highest BCUT2D eigenvalue weighted by molar-refractivity contribution is 9.10. The number of aryl methyl sites for hydroxylation is 2. The van der Waals surface area contributed by atoms with Gasteiger partial charge in [-0.2, -0.15) is 5.10 Å². The van der Waals surface area contributed by atoms with Crippen LogP contribution < -0.4 is 10.6 Å². The number of halogens is 1. The van der Waals surface area contributed by atoms with E-state index < -0.39 is 0 Å². The van der Waals surface area contributed by atoms with E-state index in [1.165, 1.54) is 0 Å². The van der Waals surface area contributed by atoms with Crippen LogP contribution in [-0.2, 0) is 13.6 Å². The van der Waals surface area contributed by atoms with Gasteiger partial charge >= 0.3 is 0 Å². The lowest BCUT2D eigenvalue weighted by molar-refractivity contribution is 0.756. The van der Waals surface area contributed by atoms with E-state index >= 15 is 0 Å². The smallest absolute Gasteiger partial charge is 0.146 e. The summed E-state index contributed by atoms with van der Waals surface area (Å²) in [6, 6.07) is 0. The van der Waals surface area contributed by atoms with Gasteiger partial charge in [-0.25, -0.2) is 9.97 Å². The van der Waals surface area contributed by atoms with Crippen molar-refractivity contribution in [1.82, 2.24) is 19.7 Å². The van der Waals surface area contributed by atoms with Gasteiger partial charge in [0.2, 0.25) is 0 Å². The van der Waals surface area contributed by atoms with Gasteiger partial charge in [-0.15, -0.1) is 0 Å². The maximum Gasteiger partial charge on any atom is 0.146 e. The molecule has 2 aromatic rings. The van der Waals surface area contributed by atoms with Crippen molar-refractivity contribution >= 4 is 27.6 Å². The monoisotopic (exact) mass is 338 g/mol. The minimum atomic E-state index is 0.683. The van der Waals surface area contributed by atoms with E-state index in [1.807, 2.05) is 24.9 Å². The Labute approximate surface area is 127 Å². The lowest BCUT2D eigenvalue weighted by Crippen LogP contribution is -2.07. The van der Waals surface area contributed by atoms with Crippen LogP contribution in [0.1, 0.15) is 24.6 Å². The van der Waals surface area contributed by atoms with E-state index in [0.29, 0.717) is 6.54 Å². The maximum absolute atomic E-state index is 4.32. The summed E-state index contributed by atoms with van der Waals surface area (Å²) in [6.45, 7) is 5.69. The molecule has 0 fully saturated rings. The van der Waals surface area contributed by atoms with Gasteiger partial charge < -0.3 is 10.6 Å².